The molecule has 0 bridgehead atoms. The van der Waals surface area contributed by atoms with E-state index < -0.39 is 0 Å². The van der Waals surface area contributed by atoms with Crippen LogP contribution in [0.4, 0.5) is 11.4 Å². The highest BCUT2D eigenvalue weighted by atomic mass is 16.5. The van der Waals surface area contributed by atoms with Crippen molar-refractivity contribution in [1.82, 2.24) is 10.3 Å². The molecule has 2 amide bonds. The highest BCUT2D eigenvalue weighted by Crippen LogP contribution is 2.29. The van der Waals surface area contributed by atoms with Gasteiger partial charge < -0.3 is 20.1 Å². The van der Waals surface area contributed by atoms with Crippen molar-refractivity contribution in [2.75, 3.05) is 24.9 Å². The molecule has 3 N–H and O–H groups in total. The van der Waals surface area contributed by atoms with Gasteiger partial charge in [-0.25, -0.2) is 4.99 Å². The quantitative estimate of drug-likeness (QED) is 0.378. The van der Waals surface area contributed by atoms with E-state index in [0.29, 0.717) is 35.0 Å². The molecular weight excluding hydrogens is 422 g/mol. The molecule has 3 aromatic rings. The maximum atomic E-state index is 12.8. The summed E-state index contributed by atoms with van der Waals surface area (Å²) < 4.78 is 10.6. The molecule has 1 heterocycles. The summed E-state index contributed by atoms with van der Waals surface area (Å²) in [5.41, 5.74) is 2.61. The van der Waals surface area contributed by atoms with Gasteiger partial charge in [-0.3, -0.25) is 19.9 Å². The highest BCUT2D eigenvalue weighted by molar-refractivity contribution is 6.10. The lowest BCUT2D eigenvalue weighted by Crippen LogP contribution is -2.36. The SMILES string of the molecule is COc1ccc(NC(=NCc2ccncc2)NC(=O)c2ccc(NC(C)=O)cc2)cc1OC. The molecule has 0 spiro atoms. The first-order valence-corrected chi connectivity index (χ1v) is 10.1. The number of carbonyl (C=O) groups is 2. The average Bonchev–Trinajstić information content (AvgIpc) is 2.83. The van der Waals surface area contributed by atoms with Crippen molar-refractivity contribution in [2.24, 2.45) is 4.99 Å². The molecule has 9 nitrogen and oxygen atoms in total. The molecule has 0 aliphatic rings. The number of pyridine rings is 1. The van der Waals surface area contributed by atoms with Crippen molar-refractivity contribution in [1.29, 1.82) is 0 Å². The molecule has 0 fully saturated rings. The number of hydrogen-bond donors (Lipinski definition) is 3. The summed E-state index contributed by atoms with van der Waals surface area (Å²) in [5.74, 6) is 0.843. The summed E-state index contributed by atoms with van der Waals surface area (Å²) in [7, 11) is 3.11. The van der Waals surface area contributed by atoms with Gasteiger partial charge in [0.1, 0.15) is 0 Å². The molecule has 0 radical (unpaired) electrons. The summed E-state index contributed by atoms with van der Waals surface area (Å²) in [4.78, 5) is 32.6. The fourth-order valence-corrected chi connectivity index (χ4v) is 2.91. The Hall–Kier alpha value is -4.40. The first-order valence-electron chi connectivity index (χ1n) is 10.1. The summed E-state index contributed by atoms with van der Waals surface area (Å²) in [6.07, 6.45) is 3.36. The van der Waals surface area contributed by atoms with Gasteiger partial charge in [0.2, 0.25) is 11.9 Å². The molecule has 0 saturated carbocycles. The van der Waals surface area contributed by atoms with E-state index in [1.54, 1.807) is 69.1 Å². The van der Waals surface area contributed by atoms with E-state index in [-0.39, 0.29) is 17.8 Å². The molecule has 1 aromatic heterocycles. The number of rotatable bonds is 7. The van der Waals surface area contributed by atoms with Crippen LogP contribution in [0, 0.1) is 0 Å². The highest BCUT2D eigenvalue weighted by Gasteiger charge is 2.12. The lowest BCUT2D eigenvalue weighted by molar-refractivity contribution is -0.114. The number of nitrogens with zero attached hydrogens (tertiary/aromatic N) is 2. The summed E-state index contributed by atoms with van der Waals surface area (Å²) in [6, 6.07) is 15.5. The van der Waals surface area contributed by atoms with Gasteiger partial charge in [-0.15, -0.1) is 0 Å². The van der Waals surface area contributed by atoms with Crippen molar-refractivity contribution in [2.45, 2.75) is 13.5 Å². The third kappa shape index (κ3) is 6.79. The van der Waals surface area contributed by atoms with Gasteiger partial charge in [-0.1, -0.05) is 0 Å². The molecule has 3 rings (SSSR count). The number of methoxy groups -OCH3 is 2. The van der Waals surface area contributed by atoms with Crippen LogP contribution in [0.5, 0.6) is 11.5 Å². The van der Waals surface area contributed by atoms with Gasteiger partial charge in [0.15, 0.2) is 11.5 Å². The summed E-state index contributed by atoms with van der Waals surface area (Å²) >= 11 is 0. The Labute approximate surface area is 191 Å². The first-order chi connectivity index (χ1) is 16.0. The van der Waals surface area contributed by atoms with Gasteiger partial charge in [0, 0.05) is 42.3 Å². The van der Waals surface area contributed by atoms with Gasteiger partial charge >= 0.3 is 0 Å². The van der Waals surface area contributed by atoms with Crippen molar-refractivity contribution < 1.29 is 19.1 Å². The second kappa shape index (κ2) is 11.3. The second-order valence-electron chi connectivity index (χ2n) is 6.93. The molecule has 0 aliphatic heterocycles. The van der Waals surface area contributed by atoms with Crippen LogP contribution in [0.25, 0.3) is 0 Å². The van der Waals surface area contributed by atoms with Crippen molar-refractivity contribution in [3.05, 3.63) is 78.1 Å². The van der Waals surface area contributed by atoms with E-state index in [4.69, 9.17) is 9.47 Å². The number of hydrogen-bond acceptors (Lipinski definition) is 6. The number of benzene rings is 2. The minimum Gasteiger partial charge on any atom is -0.493 e. The minimum atomic E-state index is -0.356. The lowest BCUT2D eigenvalue weighted by atomic mass is 10.2. The number of ether oxygens (including phenoxy) is 2. The molecular formula is C24H25N5O4. The van der Waals surface area contributed by atoms with Gasteiger partial charge in [0.05, 0.1) is 20.8 Å². The normalized spacial score (nSPS) is 10.8. The van der Waals surface area contributed by atoms with E-state index >= 15 is 0 Å². The zero-order valence-corrected chi connectivity index (χ0v) is 18.6. The number of amides is 2. The minimum absolute atomic E-state index is 0.183. The third-order valence-corrected chi connectivity index (χ3v) is 4.51. The molecule has 2 aromatic carbocycles. The predicted octanol–water partition coefficient (Wildman–Crippen LogP) is 3.46. The third-order valence-electron chi connectivity index (χ3n) is 4.51. The average molecular weight is 447 g/mol. The van der Waals surface area contributed by atoms with Crippen molar-refractivity contribution in [3.8, 4) is 11.5 Å². The van der Waals surface area contributed by atoms with Crippen LogP contribution in [0.3, 0.4) is 0 Å². The molecule has 9 heteroatoms. The molecule has 0 aliphatic carbocycles. The lowest BCUT2D eigenvalue weighted by Gasteiger charge is -2.14. The zero-order chi connectivity index (χ0) is 23.6. The monoisotopic (exact) mass is 447 g/mol. The number of nitrogens with one attached hydrogen (secondary N) is 3. The van der Waals surface area contributed by atoms with Crippen LogP contribution < -0.4 is 25.4 Å². The number of anilines is 2. The van der Waals surface area contributed by atoms with Crippen LogP contribution >= 0.6 is 0 Å². The Bertz CT molecular complexity index is 1130. The maximum Gasteiger partial charge on any atom is 0.257 e. The molecule has 0 atom stereocenters. The zero-order valence-electron chi connectivity index (χ0n) is 18.6. The molecule has 0 unspecified atom stereocenters. The van der Waals surface area contributed by atoms with Crippen LogP contribution in [-0.4, -0.2) is 37.0 Å². The van der Waals surface area contributed by atoms with Crippen LogP contribution in [0.2, 0.25) is 0 Å². The van der Waals surface area contributed by atoms with E-state index in [1.807, 2.05) is 12.1 Å². The number of carbonyl (C=O) groups excluding carboxylic acids is 2. The van der Waals surface area contributed by atoms with Crippen LogP contribution in [-0.2, 0) is 11.3 Å². The largest absolute Gasteiger partial charge is 0.493 e. The number of aliphatic imine (C=N–C) groups is 1. The van der Waals surface area contributed by atoms with Crippen LogP contribution in [0.1, 0.15) is 22.8 Å². The van der Waals surface area contributed by atoms with E-state index in [2.05, 4.69) is 25.9 Å². The standard InChI is InChI=1S/C24H25N5O4/c1-16(30)27-19-6-4-18(5-7-19)23(31)29-24(26-15-17-10-12-25-13-11-17)28-20-8-9-21(32-2)22(14-20)33-3/h4-14H,15H2,1-3H3,(H,27,30)(H2,26,28,29,31). The predicted molar refractivity (Wildman–Crippen MR) is 127 cm³/mol. The molecule has 0 saturated heterocycles. The van der Waals surface area contributed by atoms with E-state index in [1.165, 1.54) is 6.92 Å². The molecule has 170 valence electrons. The Kier molecular flexibility index (Phi) is 7.96. The maximum absolute atomic E-state index is 12.8. The second-order valence-corrected chi connectivity index (χ2v) is 6.93. The van der Waals surface area contributed by atoms with E-state index in [9.17, 15) is 9.59 Å². The van der Waals surface area contributed by atoms with Gasteiger partial charge in [0.25, 0.3) is 5.91 Å². The van der Waals surface area contributed by atoms with E-state index in [0.717, 1.165) is 5.56 Å². The fraction of sp³-hybridized carbons (Fsp3) is 0.167. The first kappa shape index (κ1) is 23.3. The number of aromatic nitrogens is 1. The van der Waals surface area contributed by atoms with Crippen molar-refractivity contribution in [3.63, 3.8) is 0 Å². The smallest absolute Gasteiger partial charge is 0.257 e. The van der Waals surface area contributed by atoms with Gasteiger partial charge in [-0.05, 0) is 54.1 Å². The Morgan fingerprint density at radius 3 is 2.18 bits per heavy atom. The number of guanidine groups is 1. The summed E-state index contributed by atoms with van der Waals surface area (Å²) in [5, 5.41) is 8.60. The molecule has 33 heavy (non-hydrogen) atoms. The van der Waals surface area contributed by atoms with Gasteiger partial charge in [-0.2, -0.15) is 0 Å². The summed E-state index contributed by atoms with van der Waals surface area (Å²) in [6.45, 7) is 1.76. The Morgan fingerprint density at radius 1 is 0.879 bits per heavy atom. The van der Waals surface area contributed by atoms with Crippen LogP contribution in [0.15, 0.2) is 72.0 Å². The Balaban J connectivity index is 1.80. The Morgan fingerprint density at radius 2 is 1.55 bits per heavy atom. The van der Waals surface area contributed by atoms with Crippen molar-refractivity contribution >= 4 is 29.1 Å². The topological polar surface area (TPSA) is 114 Å². The fourth-order valence-electron chi connectivity index (χ4n) is 2.91.